The molecular weight excluding hydrogens is 324 g/mol. The summed E-state index contributed by atoms with van der Waals surface area (Å²) < 4.78 is 0. The van der Waals surface area contributed by atoms with Crippen LogP contribution in [0.2, 0.25) is 0 Å². The lowest BCUT2D eigenvalue weighted by molar-refractivity contribution is -0.139. The number of aryl methyl sites for hydroxylation is 1. The zero-order valence-corrected chi connectivity index (χ0v) is 16.6. The maximum atomic E-state index is 13.1. The predicted octanol–water partition coefficient (Wildman–Crippen LogP) is 4.26. The lowest BCUT2D eigenvalue weighted by Gasteiger charge is -2.36. The van der Waals surface area contributed by atoms with Crippen molar-refractivity contribution in [3.63, 3.8) is 0 Å². The normalized spacial score (nSPS) is 23.8. The highest BCUT2D eigenvalue weighted by Crippen LogP contribution is 2.36. The summed E-state index contributed by atoms with van der Waals surface area (Å²) in [7, 11) is 0. The molecule has 3 rings (SSSR count). The lowest BCUT2D eigenvalue weighted by Crippen LogP contribution is -2.46. The molecule has 0 saturated carbocycles. The van der Waals surface area contributed by atoms with Gasteiger partial charge in [-0.15, -0.1) is 0 Å². The van der Waals surface area contributed by atoms with Crippen molar-refractivity contribution >= 4 is 17.5 Å². The van der Waals surface area contributed by atoms with Crippen LogP contribution in [0.25, 0.3) is 0 Å². The molecular formula is C22H32N2O2. The third-order valence-corrected chi connectivity index (χ3v) is 6.02. The Labute approximate surface area is 157 Å². The first-order valence-corrected chi connectivity index (χ1v) is 10.1. The molecule has 2 amide bonds. The molecule has 0 N–H and O–H groups in total. The molecule has 0 aromatic heterocycles. The van der Waals surface area contributed by atoms with E-state index in [1.807, 2.05) is 4.90 Å². The summed E-state index contributed by atoms with van der Waals surface area (Å²) in [5, 5.41) is 0. The van der Waals surface area contributed by atoms with Crippen LogP contribution in [0.1, 0.15) is 69.9 Å². The van der Waals surface area contributed by atoms with Gasteiger partial charge in [0.05, 0.1) is 5.92 Å². The molecule has 26 heavy (non-hydrogen) atoms. The van der Waals surface area contributed by atoms with Crippen LogP contribution in [0.4, 0.5) is 5.69 Å². The standard InChI is InChI=1S/C22H32N2O2/c1-5-18-10-6-7-12-23(18)22(26)17-13-20(25)24(14-17)21-16(4)9-8-11-19(21)15(2)3/h8-9,11,15,17-18H,5-7,10,12-14H2,1-4H3. The van der Waals surface area contributed by atoms with Crippen LogP contribution >= 0.6 is 0 Å². The van der Waals surface area contributed by atoms with Crippen LogP contribution in [0.15, 0.2) is 18.2 Å². The monoisotopic (exact) mass is 356 g/mol. The Bertz CT molecular complexity index is 683. The van der Waals surface area contributed by atoms with Crippen LogP contribution in [0, 0.1) is 12.8 Å². The molecule has 0 bridgehead atoms. The highest BCUT2D eigenvalue weighted by Gasteiger charge is 2.40. The van der Waals surface area contributed by atoms with Gasteiger partial charge in [0, 0.05) is 31.2 Å². The molecule has 4 nitrogen and oxygen atoms in total. The first-order chi connectivity index (χ1) is 12.4. The largest absolute Gasteiger partial charge is 0.339 e. The van der Waals surface area contributed by atoms with E-state index < -0.39 is 0 Å². The second-order valence-electron chi connectivity index (χ2n) is 8.16. The molecule has 2 atom stereocenters. The number of carbonyl (C=O) groups excluding carboxylic acids is 2. The summed E-state index contributed by atoms with van der Waals surface area (Å²) in [6.45, 7) is 9.90. The van der Waals surface area contributed by atoms with E-state index in [9.17, 15) is 9.59 Å². The summed E-state index contributed by atoms with van der Waals surface area (Å²) in [4.78, 5) is 29.9. The Morgan fingerprint density at radius 3 is 2.73 bits per heavy atom. The van der Waals surface area contributed by atoms with E-state index in [4.69, 9.17) is 0 Å². The van der Waals surface area contributed by atoms with Crippen molar-refractivity contribution < 1.29 is 9.59 Å². The molecule has 0 aliphatic carbocycles. The van der Waals surface area contributed by atoms with Gasteiger partial charge in [0.15, 0.2) is 0 Å². The maximum Gasteiger partial charge on any atom is 0.228 e. The average Bonchev–Trinajstić information content (AvgIpc) is 3.02. The van der Waals surface area contributed by atoms with Gasteiger partial charge < -0.3 is 9.80 Å². The van der Waals surface area contributed by atoms with Gasteiger partial charge in [-0.05, 0) is 49.7 Å². The van der Waals surface area contributed by atoms with E-state index in [0.717, 1.165) is 37.1 Å². The van der Waals surface area contributed by atoms with E-state index in [0.29, 0.717) is 24.9 Å². The molecule has 0 radical (unpaired) electrons. The minimum Gasteiger partial charge on any atom is -0.339 e. The van der Waals surface area contributed by atoms with Gasteiger partial charge in [0.25, 0.3) is 0 Å². The first-order valence-electron chi connectivity index (χ1n) is 10.1. The predicted molar refractivity (Wildman–Crippen MR) is 105 cm³/mol. The number of para-hydroxylation sites is 1. The maximum absolute atomic E-state index is 13.1. The summed E-state index contributed by atoms with van der Waals surface area (Å²) in [5.41, 5.74) is 3.33. The third-order valence-electron chi connectivity index (χ3n) is 6.02. The van der Waals surface area contributed by atoms with Crippen LogP contribution in [-0.2, 0) is 9.59 Å². The van der Waals surface area contributed by atoms with Crippen molar-refractivity contribution in [3.05, 3.63) is 29.3 Å². The number of anilines is 1. The minimum absolute atomic E-state index is 0.0876. The van der Waals surface area contributed by atoms with Gasteiger partial charge in [-0.1, -0.05) is 39.0 Å². The van der Waals surface area contributed by atoms with Gasteiger partial charge >= 0.3 is 0 Å². The van der Waals surface area contributed by atoms with Crippen LogP contribution in [-0.4, -0.2) is 35.8 Å². The van der Waals surface area contributed by atoms with Gasteiger partial charge in [0.1, 0.15) is 0 Å². The van der Waals surface area contributed by atoms with E-state index in [1.54, 1.807) is 0 Å². The van der Waals surface area contributed by atoms with Crippen molar-refractivity contribution in [2.75, 3.05) is 18.0 Å². The molecule has 1 aromatic rings. The molecule has 142 valence electrons. The highest BCUT2D eigenvalue weighted by atomic mass is 16.2. The number of likely N-dealkylation sites (tertiary alicyclic amines) is 1. The zero-order valence-electron chi connectivity index (χ0n) is 16.6. The topological polar surface area (TPSA) is 40.6 Å². The Balaban J connectivity index is 1.82. The lowest BCUT2D eigenvalue weighted by atomic mass is 9.96. The number of hydrogen-bond acceptors (Lipinski definition) is 2. The summed E-state index contributed by atoms with van der Waals surface area (Å²) in [6, 6.07) is 6.57. The Kier molecular flexibility index (Phi) is 5.69. The van der Waals surface area contributed by atoms with Gasteiger partial charge in [-0.25, -0.2) is 0 Å². The number of benzene rings is 1. The molecule has 2 unspecified atom stereocenters. The van der Waals surface area contributed by atoms with Crippen molar-refractivity contribution in [1.82, 2.24) is 4.90 Å². The third kappa shape index (κ3) is 3.51. The zero-order chi connectivity index (χ0) is 18.8. The molecule has 2 aliphatic heterocycles. The molecule has 0 spiro atoms. The van der Waals surface area contributed by atoms with Crippen molar-refractivity contribution in [2.45, 2.75) is 71.8 Å². The smallest absolute Gasteiger partial charge is 0.228 e. The highest BCUT2D eigenvalue weighted by molar-refractivity contribution is 6.01. The van der Waals surface area contributed by atoms with Crippen molar-refractivity contribution in [1.29, 1.82) is 0 Å². The van der Waals surface area contributed by atoms with Gasteiger partial charge in [-0.2, -0.15) is 0 Å². The van der Waals surface area contributed by atoms with Crippen molar-refractivity contribution in [2.24, 2.45) is 5.92 Å². The van der Waals surface area contributed by atoms with Crippen LogP contribution in [0.5, 0.6) is 0 Å². The van der Waals surface area contributed by atoms with E-state index in [1.165, 1.54) is 12.0 Å². The number of rotatable bonds is 4. The fourth-order valence-corrected chi connectivity index (χ4v) is 4.56. The molecule has 1 aromatic carbocycles. The molecule has 2 fully saturated rings. The van der Waals surface area contributed by atoms with E-state index in [2.05, 4.69) is 50.8 Å². The molecule has 2 heterocycles. The first kappa shape index (κ1) is 18.9. The summed E-state index contributed by atoms with van der Waals surface area (Å²) in [5.74, 6) is 0.421. The average molecular weight is 357 g/mol. The number of carbonyl (C=O) groups is 2. The second kappa shape index (κ2) is 7.81. The van der Waals surface area contributed by atoms with Gasteiger partial charge in [0.2, 0.25) is 11.8 Å². The van der Waals surface area contributed by atoms with Crippen molar-refractivity contribution in [3.8, 4) is 0 Å². The number of amides is 2. The Morgan fingerprint density at radius 2 is 2.04 bits per heavy atom. The second-order valence-corrected chi connectivity index (χ2v) is 8.16. The van der Waals surface area contributed by atoms with Gasteiger partial charge in [-0.3, -0.25) is 9.59 Å². The minimum atomic E-state index is -0.200. The van der Waals surface area contributed by atoms with Crippen LogP contribution in [0.3, 0.4) is 0 Å². The fraction of sp³-hybridized carbons (Fsp3) is 0.636. The number of hydrogen-bond donors (Lipinski definition) is 0. The van der Waals surface area contributed by atoms with E-state index in [-0.39, 0.29) is 17.7 Å². The molecule has 2 aliphatic rings. The summed E-state index contributed by atoms with van der Waals surface area (Å²) >= 11 is 0. The fourth-order valence-electron chi connectivity index (χ4n) is 4.56. The molecule has 4 heteroatoms. The van der Waals surface area contributed by atoms with Crippen LogP contribution < -0.4 is 4.90 Å². The Hall–Kier alpha value is -1.84. The molecule has 2 saturated heterocycles. The SMILES string of the molecule is CCC1CCCCN1C(=O)C1CC(=O)N(c2c(C)cccc2C(C)C)C1. The summed E-state index contributed by atoms with van der Waals surface area (Å²) in [6.07, 6.45) is 4.74. The number of nitrogens with zero attached hydrogens (tertiary/aromatic N) is 2. The van der Waals surface area contributed by atoms with E-state index >= 15 is 0 Å². The Morgan fingerprint density at radius 1 is 1.27 bits per heavy atom. The quantitative estimate of drug-likeness (QED) is 0.809. The number of piperidine rings is 1.